The van der Waals surface area contributed by atoms with E-state index in [1.807, 2.05) is 0 Å². The molecular formula is C25H26F6N2O2. The van der Waals surface area contributed by atoms with Gasteiger partial charge in [0.15, 0.2) is 0 Å². The Hall–Kier alpha value is -3.04. The van der Waals surface area contributed by atoms with Crippen LogP contribution in [0, 0.1) is 5.92 Å². The molecule has 1 N–H and O–H groups in total. The van der Waals surface area contributed by atoms with Crippen molar-refractivity contribution in [3.05, 3.63) is 70.8 Å². The van der Waals surface area contributed by atoms with Gasteiger partial charge in [-0.25, -0.2) is 0 Å². The molecule has 3 rings (SSSR count). The molecule has 2 atom stereocenters. The molecule has 0 spiro atoms. The first kappa shape index (κ1) is 26.6. The SMILES string of the molecule is CC(C)(C)NC(=O)[C@@H]1C[C@H]1N(CCc1ccccc1)C(=O)c1cc(C(F)(F)F)cc(C(F)(F)F)c1. The summed E-state index contributed by atoms with van der Waals surface area (Å²) in [5, 5.41) is 2.80. The van der Waals surface area contributed by atoms with E-state index in [1.54, 1.807) is 51.1 Å². The maximum absolute atomic E-state index is 13.3. The van der Waals surface area contributed by atoms with Gasteiger partial charge in [-0.1, -0.05) is 30.3 Å². The van der Waals surface area contributed by atoms with E-state index in [4.69, 9.17) is 0 Å². The van der Waals surface area contributed by atoms with Crippen molar-refractivity contribution in [2.75, 3.05) is 6.54 Å². The number of benzene rings is 2. The summed E-state index contributed by atoms with van der Waals surface area (Å²) < 4.78 is 79.9. The van der Waals surface area contributed by atoms with Gasteiger partial charge in [-0.3, -0.25) is 9.59 Å². The lowest BCUT2D eigenvalue weighted by Gasteiger charge is -2.25. The van der Waals surface area contributed by atoms with Crippen LogP contribution < -0.4 is 5.32 Å². The normalized spacial score (nSPS) is 18.2. The largest absolute Gasteiger partial charge is 0.416 e. The number of rotatable bonds is 6. The van der Waals surface area contributed by atoms with E-state index < -0.39 is 52.4 Å². The third-order valence-electron chi connectivity index (χ3n) is 5.57. The molecule has 0 saturated heterocycles. The molecular weight excluding hydrogens is 474 g/mol. The van der Waals surface area contributed by atoms with Crippen LogP contribution in [0.25, 0.3) is 0 Å². The minimum atomic E-state index is -5.07. The fraction of sp³-hybridized carbons (Fsp3) is 0.440. The van der Waals surface area contributed by atoms with Crippen LogP contribution in [0.2, 0.25) is 0 Å². The van der Waals surface area contributed by atoms with Gasteiger partial charge in [-0.05, 0) is 57.4 Å². The van der Waals surface area contributed by atoms with Crippen LogP contribution >= 0.6 is 0 Å². The van der Waals surface area contributed by atoms with Gasteiger partial charge in [0.25, 0.3) is 5.91 Å². The Morgan fingerprint density at radius 1 is 0.914 bits per heavy atom. The standard InChI is InChI=1S/C25H26F6N2O2/c1-23(2,3)32-21(34)19-14-20(19)33(10-9-15-7-5-4-6-8-15)22(35)16-11-17(24(26,27)28)13-18(12-16)25(29,30)31/h4-8,11-13,19-20H,9-10,14H2,1-3H3,(H,32,34)/t19-,20-/m1/s1. The molecule has 1 aliphatic rings. The highest BCUT2D eigenvalue weighted by Gasteiger charge is 2.49. The highest BCUT2D eigenvalue weighted by atomic mass is 19.4. The predicted molar refractivity (Wildman–Crippen MR) is 117 cm³/mol. The molecule has 35 heavy (non-hydrogen) atoms. The fourth-order valence-electron chi connectivity index (χ4n) is 3.83. The zero-order valence-electron chi connectivity index (χ0n) is 19.4. The second kappa shape index (κ2) is 9.54. The molecule has 190 valence electrons. The van der Waals surface area contributed by atoms with Gasteiger partial charge in [0.2, 0.25) is 5.91 Å². The lowest BCUT2D eigenvalue weighted by Crippen LogP contribution is -2.44. The summed E-state index contributed by atoms with van der Waals surface area (Å²) in [5.74, 6) is -1.89. The highest BCUT2D eigenvalue weighted by molar-refractivity contribution is 5.96. The predicted octanol–water partition coefficient (Wildman–Crippen LogP) is 5.71. The zero-order valence-corrected chi connectivity index (χ0v) is 19.4. The molecule has 10 heteroatoms. The first-order chi connectivity index (χ1) is 16.1. The third kappa shape index (κ3) is 6.99. The molecule has 2 amide bonds. The van der Waals surface area contributed by atoms with E-state index >= 15 is 0 Å². The van der Waals surface area contributed by atoms with E-state index in [0.717, 1.165) is 5.56 Å². The second-order valence-corrected chi connectivity index (χ2v) is 9.68. The van der Waals surface area contributed by atoms with Crippen molar-refractivity contribution in [3.63, 3.8) is 0 Å². The average Bonchev–Trinajstić information content (AvgIpc) is 3.52. The van der Waals surface area contributed by atoms with E-state index in [2.05, 4.69) is 5.32 Å². The van der Waals surface area contributed by atoms with Crippen LogP contribution in [-0.2, 0) is 23.6 Å². The van der Waals surface area contributed by atoms with Crippen LogP contribution in [0.1, 0.15) is 54.2 Å². The van der Waals surface area contributed by atoms with Gasteiger partial charge in [0.05, 0.1) is 17.0 Å². The summed E-state index contributed by atoms with van der Waals surface area (Å²) in [6.45, 7) is 5.37. The van der Waals surface area contributed by atoms with Crippen molar-refractivity contribution in [1.29, 1.82) is 0 Å². The second-order valence-electron chi connectivity index (χ2n) is 9.68. The lowest BCUT2D eigenvalue weighted by atomic mass is 10.0. The molecule has 0 heterocycles. The topological polar surface area (TPSA) is 49.4 Å². The molecule has 1 aliphatic carbocycles. The maximum Gasteiger partial charge on any atom is 0.416 e. The van der Waals surface area contributed by atoms with Crippen molar-refractivity contribution in [2.45, 2.75) is 57.5 Å². The van der Waals surface area contributed by atoms with Gasteiger partial charge in [0.1, 0.15) is 0 Å². The van der Waals surface area contributed by atoms with Gasteiger partial charge < -0.3 is 10.2 Å². The molecule has 0 aromatic heterocycles. The average molecular weight is 500 g/mol. The molecule has 0 bridgehead atoms. The Kier molecular flexibility index (Phi) is 7.24. The van der Waals surface area contributed by atoms with Gasteiger partial charge in [-0.2, -0.15) is 26.3 Å². The summed E-state index contributed by atoms with van der Waals surface area (Å²) in [6, 6.07) is 9.16. The fourth-order valence-corrected chi connectivity index (χ4v) is 3.83. The van der Waals surface area contributed by atoms with Gasteiger partial charge in [0, 0.05) is 23.7 Å². The lowest BCUT2D eigenvalue weighted by molar-refractivity contribution is -0.143. The first-order valence-electron chi connectivity index (χ1n) is 11.0. The number of nitrogens with zero attached hydrogens (tertiary/aromatic N) is 1. The van der Waals surface area contributed by atoms with Crippen LogP contribution in [-0.4, -0.2) is 34.8 Å². The summed E-state index contributed by atoms with van der Waals surface area (Å²) in [6.07, 6.45) is -9.55. The maximum atomic E-state index is 13.3. The zero-order chi connectivity index (χ0) is 26.2. The first-order valence-corrected chi connectivity index (χ1v) is 11.0. The Labute approximate surface area is 199 Å². The van der Waals surface area contributed by atoms with E-state index in [1.165, 1.54) is 4.90 Å². The summed E-state index contributed by atoms with van der Waals surface area (Å²) in [7, 11) is 0. The summed E-state index contributed by atoms with van der Waals surface area (Å²) in [5.41, 5.74) is -3.54. The van der Waals surface area contributed by atoms with Crippen LogP contribution in [0.4, 0.5) is 26.3 Å². The monoisotopic (exact) mass is 500 g/mol. The molecule has 0 radical (unpaired) electrons. The molecule has 1 fully saturated rings. The van der Waals surface area contributed by atoms with Crippen molar-refractivity contribution in [2.24, 2.45) is 5.92 Å². The number of hydrogen-bond acceptors (Lipinski definition) is 2. The molecule has 0 aliphatic heterocycles. The molecule has 0 unspecified atom stereocenters. The quantitative estimate of drug-likeness (QED) is 0.517. The van der Waals surface area contributed by atoms with Crippen LogP contribution in [0.15, 0.2) is 48.5 Å². The number of halogens is 6. The van der Waals surface area contributed by atoms with Gasteiger partial charge in [-0.15, -0.1) is 0 Å². The Morgan fingerprint density at radius 2 is 1.46 bits per heavy atom. The number of amides is 2. The van der Waals surface area contributed by atoms with Crippen molar-refractivity contribution in [1.82, 2.24) is 10.2 Å². The Morgan fingerprint density at radius 3 is 1.94 bits per heavy atom. The Balaban J connectivity index is 1.94. The van der Waals surface area contributed by atoms with Gasteiger partial charge >= 0.3 is 12.4 Å². The molecule has 4 nitrogen and oxygen atoms in total. The van der Waals surface area contributed by atoms with Crippen LogP contribution in [0.5, 0.6) is 0 Å². The number of carbonyl (C=O) groups is 2. The van der Waals surface area contributed by atoms with Crippen molar-refractivity contribution in [3.8, 4) is 0 Å². The highest BCUT2D eigenvalue weighted by Crippen LogP contribution is 2.40. The van der Waals surface area contributed by atoms with Crippen LogP contribution in [0.3, 0.4) is 0 Å². The molecule has 1 saturated carbocycles. The van der Waals surface area contributed by atoms with Crippen molar-refractivity contribution < 1.29 is 35.9 Å². The van der Waals surface area contributed by atoms with E-state index in [-0.39, 0.29) is 24.9 Å². The number of hydrogen-bond donors (Lipinski definition) is 1. The number of nitrogens with one attached hydrogen (secondary N) is 1. The molecule has 2 aromatic carbocycles. The third-order valence-corrected chi connectivity index (χ3v) is 5.57. The van der Waals surface area contributed by atoms with E-state index in [0.29, 0.717) is 18.6 Å². The molecule has 2 aromatic rings. The minimum Gasteiger partial charge on any atom is -0.351 e. The summed E-state index contributed by atoms with van der Waals surface area (Å²) >= 11 is 0. The number of alkyl halides is 6. The van der Waals surface area contributed by atoms with E-state index in [9.17, 15) is 35.9 Å². The Bertz CT molecular complexity index is 1040. The minimum absolute atomic E-state index is 0.0121. The number of carbonyl (C=O) groups excluding carboxylic acids is 2. The van der Waals surface area contributed by atoms with Crippen molar-refractivity contribution >= 4 is 11.8 Å². The summed E-state index contributed by atoms with van der Waals surface area (Å²) in [4.78, 5) is 27.1. The smallest absolute Gasteiger partial charge is 0.351 e.